The van der Waals surface area contributed by atoms with E-state index in [0.717, 1.165) is 0 Å². The first-order valence-corrected chi connectivity index (χ1v) is 6.04. The van der Waals surface area contributed by atoms with Crippen LogP contribution in [-0.2, 0) is 14.3 Å². The number of ether oxygens (including phenoxy) is 1. The lowest BCUT2D eigenvalue weighted by atomic mass is 9.55. The van der Waals surface area contributed by atoms with Gasteiger partial charge >= 0.3 is 5.97 Å². The Morgan fingerprint density at radius 3 is 2.47 bits per heavy atom. The average Bonchev–Trinajstić information content (AvgIpc) is 2.38. The molecular formula is C13H20O4. The summed E-state index contributed by atoms with van der Waals surface area (Å²) in [7, 11) is 1.37. The summed E-state index contributed by atoms with van der Waals surface area (Å²) in [5, 5.41) is 10.5. The Morgan fingerprint density at radius 2 is 1.94 bits per heavy atom. The van der Waals surface area contributed by atoms with Gasteiger partial charge in [0.25, 0.3) is 0 Å². The minimum absolute atomic E-state index is 0.125. The maximum absolute atomic E-state index is 12.0. The number of fused-ring (bicyclic) bond motifs is 2. The molecule has 1 N–H and O–H groups in total. The molecule has 0 radical (unpaired) electrons. The largest absolute Gasteiger partial charge is 0.469 e. The van der Waals surface area contributed by atoms with Crippen molar-refractivity contribution in [1.82, 2.24) is 0 Å². The van der Waals surface area contributed by atoms with Crippen LogP contribution >= 0.6 is 0 Å². The van der Waals surface area contributed by atoms with Gasteiger partial charge in [-0.25, -0.2) is 0 Å². The molecule has 2 fully saturated rings. The van der Waals surface area contributed by atoms with Crippen LogP contribution in [0.5, 0.6) is 0 Å². The van der Waals surface area contributed by atoms with Crippen LogP contribution in [0.15, 0.2) is 0 Å². The predicted octanol–water partition coefficient (Wildman–Crippen LogP) is 1.31. The highest BCUT2D eigenvalue weighted by Gasteiger charge is 2.68. The number of carbonyl (C=O) groups is 2. The van der Waals surface area contributed by atoms with Crippen LogP contribution in [0.4, 0.5) is 0 Å². The molecule has 0 aromatic rings. The van der Waals surface area contributed by atoms with Gasteiger partial charge < -0.3 is 9.84 Å². The minimum atomic E-state index is -1.26. The molecule has 3 atom stereocenters. The van der Waals surface area contributed by atoms with Crippen molar-refractivity contribution in [3.63, 3.8) is 0 Å². The van der Waals surface area contributed by atoms with Crippen LogP contribution < -0.4 is 0 Å². The van der Waals surface area contributed by atoms with Gasteiger partial charge in [-0.3, -0.25) is 9.59 Å². The van der Waals surface area contributed by atoms with Crippen LogP contribution in [0.2, 0.25) is 0 Å². The minimum Gasteiger partial charge on any atom is -0.469 e. The molecule has 4 nitrogen and oxygen atoms in total. The summed E-state index contributed by atoms with van der Waals surface area (Å²) in [6, 6.07) is 0. The Kier molecular flexibility index (Phi) is 2.45. The summed E-state index contributed by atoms with van der Waals surface area (Å²) in [6.07, 6.45) is 1.13. The van der Waals surface area contributed by atoms with Gasteiger partial charge in [-0.2, -0.15) is 0 Å². The van der Waals surface area contributed by atoms with Gasteiger partial charge in [-0.15, -0.1) is 0 Å². The second kappa shape index (κ2) is 3.31. The number of hydrogen-bond acceptors (Lipinski definition) is 4. The molecule has 2 aliphatic carbocycles. The van der Waals surface area contributed by atoms with E-state index in [0.29, 0.717) is 12.8 Å². The van der Waals surface area contributed by atoms with Crippen LogP contribution in [-0.4, -0.2) is 29.6 Å². The van der Waals surface area contributed by atoms with Crippen molar-refractivity contribution in [3.05, 3.63) is 0 Å². The molecule has 0 aliphatic heterocycles. The zero-order chi connectivity index (χ0) is 13.1. The topological polar surface area (TPSA) is 63.6 Å². The third-order valence-electron chi connectivity index (χ3n) is 5.21. The van der Waals surface area contributed by atoms with E-state index in [1.807, 2.05) is 20.8 Å². The number of rotatable bonds is 1. The maximum Gasteiger partial charge on any atom is 0.311 e. The Hall–Kier alpha value is -0.900. The zero-order valence-electron chi connectivity index (χ0n) is 10.9. The lowest BCUT2D eigenvalue weighted by Crippen LogP contribution is -2.56. The fourth-order valence-electron chi connectivity index (χ4n) is 3.83. The van der Waals surface area contributed by atoms with Crippen molar-refractivity contribution in [2.75, 3.05) is 7.11 Å². The third kappa shape index (κ3) is 1.27. The van der Waals surface area contributed by atoms with E-state index >= 15 is 0 Å². The number of esters is 1. The normalized spacial score (nSPS) is 43.6. The predicted molar refractivity (Wildman–Crippen MR) is 61.2 cm³/mol. The molecule has 0 heterocycles. The maximum atomic E-state index is 12.0. The van der Waals surface area contributed by atoms with Gasteiger partial charge in [0.1, 0.15) is 5.60 Å². The van der Waals surface area contributed by atoms with Gasteiger partial charge in [0.05, 0.1) is 12.5 Å². The van der Waals surface area contributed by atoms with Crippen molar-refractivity contribution in [2.45, 2.75) is 45.6 Å². The number of aliphatic hydroxyl groups is 1. The van der Waals surface area contributed by atoms with Crippen LogP contribution in [0.1, 0.15) is 40.0 Å². The second-order valence-electron chi connectivity index (χ2n) is 6.17. The molecule has 2 bridgehead atoms. The van der Waals surface area contributed by atoms with Crippen molar-refractivity contribution in [2.24, 2.45) is 16.7 Å². The van der Waals surface area contributed by atoms with E-state index in [1.54, 1.807) is 0 Å². The highest BCUT2D eigenvalue weighted by Crippen LogP contribution is 2.62. The Labute approximate surface area is 101 Å². The Morgan fingerprint density at radius 1 is 1.35 bits per heavy atom. The molecule has 2 rings (SSSR count). The van der Waals surface area contributed by atoms with E-state index in [9.17, 15) is 14.7 Å². The molecule has 0 spiro atoms. The van der Waals surface area contributed by atoms with E-state index in [-0.39, 0.29) is 24.1 Å². The standard InChI is InChI=1S/C13H20O4/c1-11(2)8-7-9(14)13(11,16)6-5-12(8,3)10(15)17-4/h8,16H,5-7H2,1-4H3/t8-,12+,13-/m1/s1. The summed E-state index contributed by atoms with van der Waals surface area (Å²) in [6.45, 7) is 5.61. The summed E-state index contributed by atoms with van der Waals surface area (Å²) in [5.41, 5.74) is -2.48. The molecule has 0 aromatic heterocycles. The number of carbonyl (C=O) groups excluding carboxylic acids is 2. The molecule has 0 aromatic carbocycles. The van der Waals surface area contributed by atoms with E-state index in [4.69, 9.17) is 4.74 Å². The zero-order valence-corrected chi connectivity index (χ0v) is 10.9. The number of hydrogen-bond donors (Lipinski definition) is 1. The fraction of sp³-hybridized carbons (Fsp3) is 0.846. The first kappa shape index (κ1) is 12.6. The van der Waals surface area contributed by atoms with Crippen LogP contribution in [0.25, 0.3) is 0 Å². The Balaban J connectivity index is 2.48. The van der Waals surface area contributed by atoms with E-state index in [1.165, 1.54) is 7.11 Å². The van der Waals surface area contributed by atoms with Crippen molar-refractivity contribution in [1.29, 1.82) is 0 Å². The highest BCUT2D eigenvalue weighted by molar-refractivity contribution is 5.93. The number of methoxy groups -OCH3 is 1. The van der Waals surface area contributed by atoms with Gasteiger partial charge in [0.2, 0.25) is 0 Å². The van der Waals surface area contributed by atoms with E-state index < -0.39 is 16.4 Å². The first-order valence-electron chi connectivity index (χ1n) is 6.04. The van der Waals surface area contributed by atoms with Gasteiger partial charge in [0.15, 0.2) is 5.78 Å². The van der Waals surface area contributed by atoms with Crippen LogP contribution in [0.3, 0.4) is 0 Å². The molecule has 0 saturated heterocycles. The molecule has 0 unspecified atom stereocenters. The van der Waals surface area contributed by atoms with E-state index in [2.05, 4.69) is 0 Å². The lowest BCUT2D eigenvalue weighted by Gasteiger charge is -2.50. The van der Waals surface area contributed by atoms with Gasteiger partial charge in [-0.05, 0) is 25.7 Å². The molecule has 96 valence electrons. The highest BCUT2D eigenvalue weighted by atomic mass is 16.5. The molecule has 2 saturated carbocycles. The van der Waals surface area contributed by atoms with Gasteiger partial charge in [-0.1, -0.05) is 13.8 Å². The fourth-order valence-corrected chi connectivity index (χ4v) is 3.83. The third-order valence-corrected chi connectivity index (χ3v) is 5.21. The summed E-state index contributed by atoms with van der Waals surface area (Å²) >= 11 is 0. The first-order chi connectivity index (χ1) is 7.70. The quantitative estimate of drug-likeness (QED) is 0.702. The molecule has 0 amide bonds. The Bertz CT molecular complexity index is 387. The van der Waals surface area contributed by atoms with Gasteiger partial charge in [0, 0.05) is 11.8 Å². The summed E-state index contributed by atoms with van der Waals surface area (Å²) < 4.78 is 4.87. The molecule has 2 aliphatic rings. The summed E-state index contributed by atoms with van der Waals surface area (Å²) in [5.74, 6) is -0.541. The van der Waals surface area contributed by atoms with Crippen LogP contribution in [0, 0.1) is 16.7 Å². The molecule has 4 heteroatoms. The van der Waals surface area contributed by atoms with Crippen molar-refractivity contribution in [3.8, 4) is 0 Å². The number of Topliss-reactive ketones (excluding diaryl/α,β-unsaturated/α-hetero) is 1. The number of ketones is 1. The molecular weight excluding hydrogens is 220 g/mol. The smallest absolute Gasteiger partial charge is 0.311 e. The monoisotopic (exact) mass is 240 g/mol. The van der Waals surface area contributed by atoms with Crippen molar-refractivity contribution >= 4 is 11.8 Å². The lowest BCUT2D eigenvalue weighted by molar-refractivity contribution is -0.176. The SMILES string of the molecule is COC(=O)[C@@]1(C)CC[C@@]2(O)C(=O)C[C@@H]1C2(C)C. The van der Waals surface area contributed by atoms with Crippen molar-refractivity contribution < 1.29 is 19.4 Å². The summed E-state index contributed by atoms with van der Waals surface area (Å²) in [4.78, 5) is 23.9. The average molecular weight is 240 g/mol. The molecule has 17 heavy (non-hydrogen) atoms. The second-order valence-corrected chi connectivity index (χ2v) is 6.17.